The molecule has 0 aliphatic carbocycles. The van der Waals surface area contributed by atoms with Gasteiger partial charge in [-0.25, -0.2) is 0 Å². The number of oxime groups is 1. The topological polar surface area (TPSA) is 77.9 Å². The van der Waals surface area contributed by atoms with Crippen LogP contribution >= 0.6 is 0 Å². The van der Waals surface area contributed by atoms with Gasteiger partial charge in [0.05, 0.1) is 6.07 Å². The Morgan fingerprint density at radius 3 is 2.67 bits per heavy atom. The second-order valence-corrected chi connectivity index (χ2v) is 3.47. The number of nitro groups is 1. The zero-order valence-corrected chi connectivity index (χ0v) is 8.34. The zero-order chi connectivity index (χ0) is 11.0. The molecular formula is C9H10N2O4. The minimum absolute atomic E-state index is 0.0239. The summed E-state index contributed by atoms with van der Waals surface area (Å²) in [5, 5.41) is 14.3. The molecule has 2 unspecified atom stereocenters. The van der Waals surface area contributed by atoms with E-state index in [9.17, 15) is 10.1 Å². The van der Waals surface area contributed by atoms with Gasteiger partial charge < -0.3 is 9.25 Å². The third-order valence-electron chi connectivity index (χ3n) is 2.48. The molecule has 2 rings (SSSR count). The maximum absolute atomic E-state index is 10.4. The van der Waals surface area contributed by atoms with Gasteiger partial charge in [0.25, 0.3) is 0 Å². The molecular weight excluding hydrogens is 200 g/mol. The lowest BCUT2D eigenvalue weighted by molar-refractivity contribution is -0.402. The molecule has 2 atom stereocenters. The highest BCUT2D eigenvalue weighted by Gasteiger charge is 2.30. The second kappa shape index (κ2) is 3.38. The van der Waals surface area contributed by atoms with Gasteiger partial charge in [-0.05, 0) is 13.0 Å². The Hall–Kier alpha value is -1.85. The minimum atomic E-state index is -0.575. The summed E-state index contributed by atoms with van der Waals surface area (Å²) in [6, 6.07) is 2.85. The van der Waals surface area contributed by atoms with Crippen LogP contribution in [0.15, 0.2) is 21.7 Å². The van der Waals surface area contributed by atoms with Crippen LogP contribution in [0.4, 0.5) is 5.88 Å². The number of rotatable bonds is 2. The van der Waals surface area contributed by atoms with Gasteiger partial charge in [0, 0.05) is 5.92 Å². The maximum Gasteiger partial charge on any atom is 0.433 e. The standard InChI is InChI=1S/C9H10N2O4/c1-5-6(2)15-10-9(5)7-3-4-8(14-7)11(12)13/h3-6H,1-2H3. The average Bonchev–Trinajstić information content (AvgIpc) is 2.76. The predicted molar refractivity (Wildman–Crippen MR) is 51.6 cm³/mol. The van der Waals surface area contributed by atoms with E-state index in [1.165, 1.54) is 12.1 Å². The molecule has 0 spiro atoms. The molecule has 0 radical (unpaired) electrons. The first-order chi connectivity index (χ1) is 7.09. The fourth-order valence-electron chi connectivity index (χ4n) is 1.37. The molecule has 0 bridgehead atoms. The first-order valence-electron chi connectivity index (χ1n) is 4.58. The fraction of sp³-hybridized carbons (Fsp3) is 0.444. The lowest BCUT2D eigenvalue weighted by atomic mass is 9.99. The zero-order valence-electron chi connectivity index (χ0n) is 8.34. The summed E-state index contributed by atoms with van der Waals surface area (Å²) < 4.78 is 5.04. The summed E-state index contributed by atoms with van der Waals surface area (Å²) in [7, 11) is 0. The lowest BCUT2D eigenvalue weighted by Crippen LogP contribution is -2.17. The number of furan rings is 1. The smallest absolute Gasteiger partial charge is 0.399 e. The molecule has 0 saturated carbocycles. The van der Waals surface area contributed by atoms with Crippen molar-refractivity contribution in [2.24, 2.45) is 11.1 Å². The van der Waals surface area contributed by atoms with Crippen LogP contribution in [0, 0.1) is 16.0 Å². The Morgan fingerprint density at radius 2 is 2.20 bits per heavy atom. The highest BCUT2D eigenvalue weighted by molar-refractivity contribution is 6.00. The van der Waals surface area contributed by atoms with Crippen molar-refractivity contribution in [2.45, 2.75) is 20.0 Å². The summed E-state index contributed by atoms with van der Waals surface area (Å²) in [6.07, 6.45) is -0.0239. The molecule has 1 aliphatic rings. The third-order valence-corrected chi connectivity index (χ3v) is 2.48. The molecule has 1 aliphatic heterocycles. The van der Waals surface area contributed by atoms with E-state index in [4.69, 9.17) is 9.25 Å². The average molecular weight is 210 g/mol. The molecule has 0 fully saturated rings. The minimum Gasteiger partial charge on any atom is -0.399 e. The van der Waals surface area contributed by atoms with Crippen molar-refractivity contribution >= 4 is 11.6 Å². The van der Waals surface area contributed by atoms with Crippen molar-refractivity contribution in [3.63, 3.8) is 0 Å². The van der Waals surface area contributed by atoms with Gasteiger partial charge in [-0.15, -0.1) is 0 Å². The van der Waals surface area contributed by atoms with Crippen LogP contribution in [0.5, 0.6) is 0 Å². The van der Waals surface area contributed by atoms with E-state index in [1.807, 2.05) is 13.8 Å². The molecule has 0 saturated heterocycles. The van der Waals surface area contributed by atoms with Crippen LogP contribution in [0.1, 0.15) is 19.6 Å². The monoisotopic (exact) mass is 210 g/mol. The Morgan fingerprint density at radius 1 is 1.47 bits per heavy atom. The summed E-state index contributed by atoms with van der Waals surface area (Å²) in [5.41, 5.74) is 0.621. The number of hydrogen-bond donors (Lipinski definition) is 0. The van der Waals surface area contributed by atoms with Gasteiger partial charge in [0.1, 0.15) is 16.7 Å². The van der Waals surface area contributed by atoms with Crippen molar-refractivity contribution in [1.82, 2.24) is 0 Å². The fourth-order valence-corrected chi connectivity index (χ4v) is 1.37. The van der Waals surface area contributed by atoms with Gasteiger partial charge in [-0.2, -0.15) is 0 Å². The van der Waals surface area contributed by atoms with E-state index < -0.39 is 4.92 Å². The molecule has 0 N–H and O–H groups in total. The highest BCUT2D eigenvalue weighted by Crippen LogP contribution is 2.25. The number of nitrogens with zero attached hydrogens (tertiary/aromatic N) is 2. The summed E-state index contributed by atoms with van der Waals surface area (Å²) in [4.78, 5) is 14.9. The molecule has 1 aromatic heterocycles. The largest absolute Gasteiger partial charge is 0.433 e. The van der Waals surface area contributed by atoms with Crippen molar-refractivity contribution < 1.29 is 14.2 Å². The molecule has 6 nitrogen and oxygen atoms in total. The second-order valence-electron chi connectivity index (χ2n) is 3.47. The molecule has 15 heavy (non-hydrogen) atoms. The van der Waals surface area contributed by atoms with Gasteiger partial charge in [-0.1, -0.05) is 12.1 Å². The SMILES string of the molecule is CC1ON=C(c2ccc([N+](=O)[O-])o2)C1C. The first kappa shape index (κ1) is 9.70. The van der Waals surface area contributed by atoms with Crippen LogP contribution in [0.25, 0.3) is 0 Å². The molecule has 0 amide bonds. The van der Waals surface area contributed by atoms with Crippen LogP contribution in [-0.2, 0) is 4.84 Å². The lowest BCUT2D eigenvalue weighted by Gasteiger charge is -2.06. The molecule has 0 aromatic carbocycles. The van der Waals surface area contributed by atoms with Gasteiger partial charge >= 0.3 is 5.88 Å². The van der Waals surface area contributed by atoms with E-state index >= 15 is 0 Å². The Kier molecular flexibility index (Phi) is 2.18. The van der Waals surface area contributed by atoms with E-state index in [1.54, 1.807) is 0 Å². The molecule has 2 heterocycles. The molecule has 1 aromatic rings. The van der Waals surface area contributed by atoms with E-state index in [-0.39, 0.29) is 17.9 Å². The first-order valence-corrected chi connectivity index (χ1v) is 4.58. The quantitative estimate of drug-likeness (QED) is 0.552. The van der Waals surface area contributed by atoms with Gasteiger partial charge in [0.2, 0.25) is 0 Å². The summed E-state index contributed by atoms with van der Waals surface area (Å²) >= 11 is 0. The highest BCUT2D eigenvalue weighted by atomic mass is 16.7. The number of hydrogen-bond acceptors (Lipinski definition) is 5. The van der Waals surface area contributed by atoms with Crippen molar-refractivity contribution in [3.8, 4) is 0 Å². The summed E-state index contributed by atoms with van der Waals surface area (Å²) in [5.74, 6) is 0.203. The Balaban J connectivity index is 2.27. The van der Waals surface area contributed by atoms with Crippen molar-refractivity contribution in [1.29, 1.82) is 0 Å². The van der Waals surface area contributed by atoms with Crippen LogP contribution in [0.3, 0.4) is 0 Å². The van der Waals surface area contributed by atoms with Gasteiger partial charge in [-0.3, -0.25) is 10.1 Å². The van der Waals surface area contributed by atoms with Crippen LogP contribution < -0.4 is 0 Å². The van der Waals surface area contributed by atoms with E-state index in [0.29, 0.717) is 11.5 Å². The van der Waals surface area contributed by atoms with E-state index in [2.05, 4.69) is 5.16 Å². The molecule has 80 valence electrons. The van der Waals surface area contributed by atoms with Gasteiger partial charge in [0.15, 0.2) is 5.76 Å². The maximum atomic E-state index is 10.4. The van der Waals surface area contributed by atoms with Crippen LogP contribution in [0.2, 0.25) is 0 Å². The normalized spacial score (nSPS) is 24.8. The third kappa shape index (κ3) is 1.58. The summed E-state index contributed by atoms with van der Waals surface area (Å²) in [6.45, 7) is 3.82. The van der Waals surface area contributed by atoms with Crippen molar-refractivity contribution in [2.75, 3.05) is 0 Å². The van der Waals surface area contributed by atoms with Crippen molar-refractivity contribution in [3.05, 3.63) is 28.0 Å². The predicted octanol–water partition coefficient (Wildman–Crippen LogP) is 1.95. The van der Waals surface area contributed by atoms with E-state index in [0.717, 1.165) is 0 Å². The molecule has 6 heteroatoms. The Labute approximate surface area is 85.7 Å². The Bertz CT molecular complexity index is 424. The van der Waals surface area contributed by atoms with Crippen LogP contribution in [-0.4, -0.2) is 16.7 Å².